The zero-order valence-corrected chi connectivity index (χ0v) is 17.6. The van der Waals surface area contributed by atoms with Gasteiger partial charge in [-0.2, -0.15) is 0 Å². The van der Waals surface area contributed by atoms with Gasteiger partial charge in [0.2, 0.25) is 5.91 Å². The highest BCUT2D eigenvalue weighted by Gasteiger charge is 2.23. The maximum atomic E-state index is 13.1. The van der Waals surface area contributed by atoms with Gasteiger partial charge in [0, 0.05) is 11.4 Å². The van der Waals surface area contributed by atoms with Crippen molar-refractivity contribution >= 4 is 39.2 Å². The van der Waals surface area contributed by atoms with E-state index in [2.05, 4.69) is 5.32 Å². The molecule has 1 aliphatic rings. The Morgan fingerprint density at radius 2 is 2.32 bits per heavy atom. The first-order valence-corrected chi connectivity index (χ1v) is 11.4. The van der Waals surface area contributed by atoms with Crippen LogP contribution in [0.5, 0.6) is 0 Å². The number of furan rings is 1. The molecule has 0 radical (unpaired) electrons. The molecule has 1 N–H and O–H groups in total. The first-order valence-electron chi connectivity index (χ1n) is 9.59. The molecule has 3 aromatic rings. The van der Waals surface area contributed by atoms with Gasteiger partial charge in [0.15, 0.2) is 5.16 Å². The van der Waals surface area contributed by atoms with Crippen molar-refractivity contribution < 1.29 is 9.21 Å². The van der Waals surface area contributed by atoms with E-state index in [4.69, 9.17) is 9.40 Å². The molecule has 0 saturated heterocycles. The average molecular weight is 418 g/mol. The number of nitrogens with zero attached hydrogens (tertiary/aromatic N) is 2. The minimum atomic E-state index is -0.198. The number of fused-ring (bicyclic) bond motifs is 3. The fourth-order valence-electron chi connectivity index (χ4n) is 3.61. The Balaban J connectivity index is 1.55. The largest absolute Gasteiger partial charge is 0.467 e. The first kappa shape index (κ1) is 19.3. The van der Waals surface area contributed by atoms with Crippen molar-refractivity contribution in [3.05, 3.63) is 45.0 Å². The van der Waals surface area contributed by atoms with Gasteiger partial charge in [-0.05, 0) is 50.3 Å². The highest BCUT2D eigenvalue weighted by Crippen LogP contribution is 2.35. The monoisotopic (exact) mass is 417 g/mol. The van der Waals surface area contributed by atoms with Gasteiger partial charge in [-0.15, -0.1) is 11.3 Å². The number of aromatic nitrogens is 2. The lowest BCUT2D eigenvalue weighted by Crippen LogP contribution is -2.29. The van der Waals surface area contributed by atoms with E-state index < -0.39 is 0 Å². The van der Waals surface area contributed by atoms with E-state index >= 15 is 0 Å². The summed E-state index contributed by atoms with van der Waals surface area (Å²) in [6.07, 6.45) is 5.56. The summed E-state index contributed by atoms with van der Waals surface area (Å²) in [5.41, 5.74) is 1.24. The van der Waals surface area contributed by atoms with Crippen LogP contribution in [0, 0.1) is 0 Å². The molecule has 0 fully saturated rings. The molecule has 0 aliphatic heterocycles. The first-order chi connectivity index (χ1) is 13.6. The SMILES string of the molecule is CCCn1c(SCC(=O)N[C@H](C)c2ccco2)nc2sc3c(c2c1=O)CCC3. The standard InChI is InChI=1S/C20H23N3O3S2/c1-3-9-23-19(25)17-13-6-4-8-15(13)28-18(17)22-20(23)27-11-16(24)21-12(2)14-7-5-10-26-14/h5,7,10,12H,3-4,6,8-9,11H2,1-2H3,(H,21,24)/t12-/m1/s1. The summed E-state index contributed by atoms with van der Waals surface area (Å²) in [6, 6.07) is 3.44. The molecule has 8 heteroatoms. The highest BCUT2D eigenvalue weighted by atomic mass is 32.2. The normalized spacial score (nSPS) is 14.4. The Bertz CT molecular complexity index is 1050. The topological polar surface area (TPSA) is 77.1 Å². The molecular formula is C20H23N3O3S2. The third-order valence-corrected chi connectivity index (χ3v) is 7.08. The van der Waals surface area contributed by atoms with E-state index in [1.54, 1.807) is 28.2 Å². The summed E-state index contributed by atoms with van der Waals surface area (Å²) in [4.78, 5) is 32.4. The van der Waals surface area contributed by atoms with Gasteiger partial charge in [0.05, 0.1) is 23.4 Å². The fourth-order valence-corrected chi connectivity index (χ4v) is 5.75. The predicted octanol–water partition coefficient (Wildman–Crippen LogP) is 3.92. The molecule has 0 bridgehead atoms. The third kappa shape index (κ3) is 3.63. The van der Waals surface area contributed by atoms with Crippen LogP contribution in [0.2, 0.25) is 0 Å². The lowest BCUT2D eigenvalue weighted by Gasteiger charge is -2.13. The molecule has 1 amide bonds. The smallest absolute Gasteiger partial charge is 0.263 e. The van der Waals surface area contributed by atoms with E-state index in [1.807, 2.05) is 19.9 Å². The quantitative estimate of drug-likeness (QED) is 0.466. The summed E-state index contributed by atoms with van der Waals surface area (Å²) < 4.78 is 7.06. The molecular weight excluding hydrogens is 394 g/mol. The zero-order valence-electron chi connectivity index (χ0n) is 16.0. The van der Waals surface area contributed by atoms with Gasteiger partial charge in [0.25, 0.3) is 5.56 Å². The Kier molecular flexibility index (Phi) is 5.59. The Morgan fingerprint density at radius 3 is 3.07 bits per heavy atom. The number of thiophene rings is 1. The van der Waals surface area contributed by atoms with Gasteiger partial charge in [0.1, 0.15) is 10.6 Å². The Morgan fingerprint density at radius 1 is 1.46 bits per heavy atom. The van der Waals surface area contributed by atoms with E-state index in [0.717, 1.165) is 35.9 Å². The number of amides is 1. The van der Waals surface area contributed by atoms with Gasteiger partial charge in [-0.1, -0.05) is 18.7 Å². The zero-order chi connectivity index (χ0) is 19.7. The second-order valence-corrected chi connectivity index (χ2v) is 9.01. The van der Waals surface area contributed by atoms with Crippen LogP contribution in [0.25, 0.3) is 10.2 Å². The van der Waals surface area contributed by atoms with Crippen LogP contribution >= 0.6 is 23.1 Å². The summed E-state index contributed by atoms with van der Waals surface area (Å²) in [6.45, 7) is 4.53. The molecule has 1 atom stereocenters. The van der Waals surface area contributed by atoms with Gasteiger partial charge < -0.3 is 9.73 Å². The minimum Gasteiger partial charge on any atom is -0.467 e. The molecule has 0 spiro atoms. The molecule has 0 unspecified atom stereocenters. The van der Waals surface area contributed by atoms with Crippen LogP contribution in [0.3, 0.4) is 0 Å². The van der Waals surface area contributed by atoms with Crippen molar-refractivity contribution in [2.75, 3.05) is 5.75 Å². The molecule has 28 heavy (non-hydrogen) atoms. The van der Waals surface area contributed by atoms with Crippen molar-refractivity contribution in [3.63, 3.8) is 0 Å². The van der Waals surface area contributed by atoms with Crippen molar-refractivity contribution in [2.45, 2.75) is 57.3 Å². The Labute approximate surface area is 171 Å². The van der Waals surface area contributed by atoms with Gasteiger partial charge in [-0.25, -0.2) is 4.98 Å². The van der Waals surface area contributed by atoms with Crippen LogP contribution < -0.4 is 10.9 Å². The van der Waals surface area contributed by atoms with Crippen molar-refractivity contribution in [2.24, 2.45) is 0 Å². The number of nitrogens with one attached hydrogen (secondary N) is 1. The third-order valence-electron chi connectivity index (χ3n) is 4.92. The summed E-state index contributed by atoms with van der Waals surface area (Å²) in [7, 11) is 0. The van der Waals surface area contributed by atoms with Crippen LogP contribution in [0.1, 0.15) is 48.9 Å². The molecule has 3 heterocycles. The van der Waals surface area contributed by atoms with Crippen molar-refractivity contribution in [1.82, 2.24) is 14.9 Å². The fraction of sp³-hybridized carbons (Fsp3) is 0.450. The maximum absolute atomic E-state index is 13.1. The van der Waals surface area contributed by atoms with Crippen molar-refractivity contribution in [1.29, 1.82) is 0 Å². The lowest BCUT2D eigenvalue weighted by atomic mass is 10.2. The number of aryl methyl sites for hydroxylation is 2. The highest BCUT2D eigenvalue weighted by molar-refractivity contribution is 7.99. The average Bonchev–Trinajstić information content (AvgIpc) is 3.39. The summed E-state index contributed by atoms with van der Waals surface area (Å²) in [5.74, 6) is 0.812. The summed E-state index contributed by atoms with van der Waals surface area (Å²) in [5, 5.41) is 4.34. The molecule has 6 nitrogen and oxygen atoms in total. The predicted molar refractivity (Wildman–Crippen MR) is 112 cm³/mol. The van der Waals surface area contributed by atoms with Crippen LogP contribution in [-0.4, -0.2) is 21.2 Å². The minimum absolute atomic E-state index is 0.0399. The van der Waals surface area contributed by atoms with Crippen LogP contribution in [0.15, 0.2) is 32.8 Å². The molecule has 4 rings (SSSR count). The van der Waals surface area contributed by atoms with Gasteiger partial charge in [-0.3, -0.25) is 14.2 Å². The van der Waals surface area contributed by atoms with Crippen LogP contribution in [0.4, 0.5) is 0 Å². The number of hydrogen-bond donors (Lipinski definition) is 1. The van der Waals surface area contributed by atoms with E-state index in [-0.39, 0.29) is 23.3 Å². The Hall–Kier alpha value is -2.06. The molecule has 1 aliphatic carbocycles. The van der Waals surface area contributed by atoms with E-state index in [9.17, 15) is 9.59 Å². The maximum Gasteiger partial charge on any atom is 0.263 e. The number of carbonyl (C=O) groups excluding carboxylic acids is 1. The van der Waals surface area contributed by atoms with Gasteiger partial charge >= 0.3 is 0 Å². The second kappa shape index (κ2) is 8.13. The number of rotatable bonds is 7. The summed E-state index contributed by atoms with van der Waals surface area (Å²) >= 11 is 2.95. The van der Waals surface area contributed by atoms with E-state index in [1.165, 1.54) is 22.2 Å². The second-order valence-electron chi connectivity index (χ2n) is 6.98. The van der Waals surface area contributed by atoms with Crippen LogP contribution in [-0.2, 0) is 24.2 Å². The molecule has 0 saturated carbocycles. The number of thioether (sulfide) groups is 1. The molecule has 3 aromatic heterocycles. The molecule has 148 valence electrons. The van der Waals surface area contributed by atoms with Crippen molar-refractivity contribution in [3.8, 4) is 0 Å². The lowest BCUT2D eigenvalue weighted by molar-refractivity contribution is -0.119. The number of carbonyl (C=O) groups is 1. The molecule has 0 aromatic carbocycles. The van der Waals surface area contributed by atoms with E-state index in [0.29, 0.717) is 17.5 Å². The number of hydrogen-bond acceptors (Lipinski definition) is 6.